The van der Waals surface area contributed by atoms with Crippen molar-refractivity contribution in [3.05, 3.63) is 115 Å². The Bertz CT molecular complexity index is 1550. The van der Waals surface area contributed by atoms with Crippen LogP contribution in [0.2, 0.25) is 0 Å². The standard InChI is InChI=1S/C26H19F3N4O3S/c27-26(28,29)17-7-4-6-16(12-17)15-32-24(35)22(30-25(32)36)14-20-21(13-19-10-5-11-37-19)31-33(23(20)34)18-8-2-1-3-9-18/h1-12,14,31H,13,15H2,(H,30,36). The Morgan fingerprint density at radius 1 is 0.946 bits per heavy atom. The van der Waals surface area contributed by atoms with E-state index < -0.39 is 29.2 Å². The second-order valence-corrected chi connectivity index (χ2v) is 9.35. The van der Waals surface area contributed by atoms with E-state index >= 15 is 0 Å². The van der Waals surface area contributed by atoms with Crippen molar-refractivity contribution in [2.45, 2.75) is 19.1 Å². The number of nitrogens with zero attached hydrogens (tertiary/aromatic N) is 2. The molecule has 2 aromatic carbocycles. The zero-order valence-electron chi connectivity index (χ0n) is 19.1. The molecule has 0 bridgehead atoms. The largest absolute Gasteiger partial charge is 0.416 e. The maximum Gasteiger partial charge on any atom is 0.416 e. The van der Waals surface area contributed by atoms with Gasteiger partial charge in [0.2, 0.25) is 0 Å². The van der Waals surface area contributed by atoms with Gasteiger partial charge in [0.15, 0.2) is 0 Å². The molecular formula is C26H19F3N4O3S. The number of halogens is 3. The Kier molecular flexibility index (Phi) is 6.30. The number of alkyl halides is 3. The molecule has 3 amide bonds. The molecule has 0 saturated carbocycles. The molecule has 1 aliphatic rings. The van der Waals surface area contributed by atoms with Crippen LogP contribution in [0.5, 0.6) is 0 Å². The van der Waals surface area contributed by atoms with Crippen molar-refractivity contribution in [2.24, 2.45) is 0 Å². The number of carbonyl (C=O) groups excluding carboxylic acids is 2. The van der Waals surface area contributed by atoms with Crippen LogP contribution < -0.4 is 10.9 Å². The third kappa shape index (κ3) is 4.98. The predicted molar refractivity (Wildman–Crippen MR) is 132 cm³/mol. The highest BCUT2D eigenvalue weighted by atomic mass is 32.1. The summed E-state index contributed by atoms with van der Waals surface area (Å²) in [4.78, 5) is 40.8. The topological polar surface area (TPSA) is 87.2 Å². The van der Waals surface area contributed by atoms with Gasteiger partial charge in [-0.1, -0.05) is 36.4 Å². The summed E-state index contributed by atoms with van der Waals surface area (Å²) in [6.07, 6.45) is -2.85. The molecule has 5 rings (SSSR count). The number of aromatic amines is 1. The van der Waals surface area contributed by atoms with Crippen LogP contribution in [-0.4, -0.2) is 26.6 Å². The lowest BCUT2D eigenvalue weighted by atomic mass is 10.1. The number of hydrogen-bond donors (Lipinski definition) is 2. The molecule has 0 unspecified atom stereocenters. The summed E-state index contributed by atoms with van der Waals surface area (Å²) in [5.74, 6) is -0.739. The fourth-order valence-electron chi connectivity index (χ4n) is 4.01. The van der Waals surface area contributed by atoms with E-state index in [1.165, 1.54) is 34.2 Å². The molecule has 0 spiro atoms. The van der Waals surface area contributed by atoms with E-state index in [1.54, 1.807) is 24.3 Å². The summed E-state index contributed by atoms with van der Waals surface area (Å²) in [6.45, 7) is -0.352. The lowest BCUT2D eigenvalue weighted by Crippen LogP contribution is -2.30. The van der Waals surface area contributed by atoms with E-state index in [1.807, 2.05) is 23.6 Å². The fourth-order valence-corrected chi connectivity index (χ4v) is 4.73. The van der Waals surface area contributed by atoms with Gasteiger partial charge in [0, 0.05) is 11.3 Å². The van der Waals surface area contributed by atoms with Crippen molar-refractivity contribution in [2.75, 3.05) is 0 Å². The first kappa shape index (κ1) is 24.3. The second kappa shape index (κ2) is 9.58. The quantitative estimate of drug-likeness (QED) is 0.277. The Balaban J connectivity index is 1.48. The summed E-state index contributed by atoms with van der Waals surface area (Å²) in [6, 6.07) is 16.3. The monoisotopic (exact) mass is 524 g/mol. The van der Waals surface area contributed by atoms with Crippen molar-refractivity contribution < 1.29 is 22.8 Å². The Labute approximate surface area is 212 Å². The molecular weight excluding hydrogens is 505 g/mol. The van der Waals surface area contributed by atoms with Crippen molar-refractivity contribution in [1.29, 1.82) is 0 Å². The normalized spacial score (nSPS) is 15.0. The van der Waals surface area contributed by atoms with Crippen molar-refractivity contribution in [3.63, 3.8) is 0 Å². The average molecular weight is 525 g/mol. The molecule has 0 radical (unpaired) electrons. The molecule has 37 heavy (non-hydrogen) atoms. The van der Waals surface area contributed by atoms with Crippen molar-refractivity contribution in [3.8, 4) is 5.69 Å². The number of nitrogens with one attached hydrogen (secondary N) is 2. The van der Waals surface area contributed by atoms with E-state index in [0.717, 1.165) is 21.9 Å². The number of thiophene rings is 1. The fraction of sp³-hybridized carbons (Fsp3) is 0.115. The molecule has 7 nitrogen and oxygen atoms in total. The molecule has 2 N–H and O–H groups in total. The van der Waals surface area contributed by atoms with Gasteiger partial charge in [0.1, 0.15) is 5.70 Å². The molecule has 1 aliphatic heterocycles. The lowest BCUT2D eigenvalue weighted by Gasteiger charge is -2.13. The van der Waals surface area contributed by atoms with E-state index in [9.17, 15) is 27.6 Å². The van der Waals surface area contributed by atoms with Crippen LogP contribution in [0, 0.1) is 0 Å². The predicted octanol–water partition coefficient (Wildman–Crippen LogP) is 4.93. The molecule has 1 saturated heterocycles. The maximum absolute atomic E-state index is 13.3. The number of imide groups is 1. The summed E-state index contributed by atoms with van der Waals surface area (Å²) in [5.41, 5.74) is 0.0525. The van der Waals surface area contributed by atoms with Crippen LogP contribution >= 0.6 is 11.3 Å². The molecule has 188 valence electrons. The van der Waals surface area contributed by atoms with E-state index in [2.05, 4.69) is 10.4 Å². The first-order chi connectivity index (χ1) is 17.7. The lowest BCUT2D eigenvalue weighted by molar-refractivity contribution is -0.137. The van der Waals surface area contributed by atoms with E-state index in [-0.39, 0.29) is 23.4 Å². The maximum atomic E-state index is 13.3. The number of H-pyrrole nitrogens is 1. The van der Waals surface area contributed by atoms with Crippen molar-refractivity contribution >= 4 is 29.4 Å². The van der Waals surface area contributed by atoms with Crippen LogP contribution in [0.15, 0.2) is 82.6 Å². The molecule has 4 aromatic rings. The van der Waals surface area contributed by atoms with E-state index in [0.29, 0.717) is 17.8 Å². The number of carbonyl (C=O) groups is 2. The van der Waals surface area contributed by atoms with Gasteiger partial charge < -0.3 is 5.32 Å². The molecule has 0 aliphatic carbocycles. The first-order valence-electron chi connectivity index (χ1n) is 11.1. The highest BCUT2D eigenvalue weighted by molar-refractivity contribution is 7.09. The number of para-hydroxylation sites is 1. The number of rotatable bonds is 6. The van der Waals surface area contributed by atoms with E-state index in [4.69, 9.17) is 0 Å². The van der Waals surface area contributed by atoms with Gasteiger partial charge in [-0.15, -0.1) is 11.3 Å². The first-order valence-corrected chi connectivity index (χ1v) is 12.0. The number of urea groups is 1. The molecule has 3 heterocycles. The third-order valence-electron chi connectivity index (χ3n) is 5.80. The number of aromatic nitrogens is 2. The minimum atomic E-state index is -4.55. The van der Waals surface area contributed by atoms with Gasteiger partial charge in [-0.05, 0) is 47.4 Å². The van der Waals surface area contributed by atoms with Crippen LogP contribution in [0.1, 0.15) is 27.3 Å². The van der Waals surface area contributed by atoms with Crippen LogP contribution in [0.3, 0.4) is 0 Å². The molecule has 0 atom stereocenters. The van der Waals surface area contributed by atoms with Gasteiger partial charge >= 0.3 is 12.2 Å². The van der Waals surface area contributed by atoms with Crippen LogP contribution in [-0.2, 0) is 23.9 Å². The van der Waals surface area contributed by atoms with Crippen LogP contribution in [0.25, 0.3) is 11.8 Å². The molecule has 11 heteroatoms. The number of amides is 3. The molecule has 1 fully saturated rings. The van der Waals surface area contributed by atoms with Gasteiger partial charge in [-0.25, -0.2) is 9.48 Å². The Hall–Kier alpha value is -4.38. The minimum absolute atomic E-state index is 0.138. The number of benzene rings is 2. The van der Waals surface area contributed by atoms with Gasteiger partial charge in [0.25, 0.3) is 11.5 Å². The Morgan fingerprint density at radius 2 is 1.73 bits per heavy atom. The highest BCUT2D eigenvalue weighted by Crippen LogP contribution is 2.30. The zero-order valence-corrected chi connectivity index (χ0v) is 19.9. The minimum Gasteiger partial charge on any atom is -0.303 e. The summed E-state index contributed by atoms with van der Waals surface area (Å²) in [5, 5.41) is 7.45. The smallest absolute Gasteiger partial charge is 0.303 e. The Morgan fingerprint density at radius 3 is 2.43 bits per heavy atom. The summed E-state index contributed by atoms with van der Waals surface area (Å²) < 4.78 is 40.6. The second-order valence-electron chi connectivity index (χ2n) is 8.31. The molecule has 2 aromatic heterocycles. The van der Waals surface area contributed by atoms with Gasteiger partial charge in [0.05, 0.1) is 29.1 Å². The third-order valence-corrected chi connectivity index (χ3v) is 6.67. The SMILES string of the molecule is O=C1NC(=Cc2c(Cc3cccs3)[nH]n(-c3ccccc3)c2=O)C(=O)N1Cc1cccc(C(F)(F)F)c1. The summed E-state index contributed by atoms with van der Waals surface area (Å²) >= 11 is 1.51. The van der Waals surface area contributed by atoms with Gasteiger partial charge in [-0.2, -0.15) is 13.2 Å². The van der Waals surface area contributed by atoms with Crippen molar-refractivity contribution in [1.82, 2.24) is 20.0 Å². The van der Waals surface area contributed by atoms with Gasteiger partial charge in [-0.3, -0.25) is 19.6 Å². The zero-order chi connectivity index (χ0) is 26.2. The highest BCUT2D eigenvalue weighted by Gasteiger charge is 2.35. The van der Waals surface area contributed by atoms with Crippen LogP contribution in [0.4, 0.5) is 18.0 Å². The number of hydrogen-bond acceptors (Lipinski definition) is 4. The summed E-state index contributed by atoms with van der Waals surface area (Å²) in [7, 11) is 0. The average Bonchev–Trinajstić information content (AvgIpc) is 3.56.